The van der Waals surface area contributed by atoms with Crippen LogP contribution in [-0.4, -0.2) is 48.3 Å². The average molecular weight is 285 g/mol. The molecular formula is C12H19N3O3S. The van der Waals surface area contributed by atoms with Gasteiger partial charge < -0.3 is 9.84 Å². The maximum atomic E-state index is 11.5. The number of aliphatic hydroxyl groups excluding tert-OH is 1. The lowest BCUT2D eigenvalue weighted by molar-refractivity contribution is -0.0551. The molecule has 106 valence electrons. The molecule has 1 aliphatic rings. The van der Waals surface area contributed by atoms with E-state index in [0.29, 0.717) is 18.0 Å². The van der Waals surface area contributed by atoms with Gasteiger partial charge in [-0.25, -0.2) is 5.84 Å². The number of hydrogen-bond donors (Lipinski definition) is 3. The van der Waals surface area contributed by atoms with Gasteiger partial charge in [0.05, 0.1) is 24.2 Å². The second-order valence-electron chi connectivity index (χ2n) is 4.58. The largest absolute Gasteiger partial charge is 0.394 e. The standard InChI is InChI=1S/C12H19N3O3S/c1-8-9(4-11(19-8)12(17)14-13)5-15-2-3-18-10(6-15)7-16/h4,10,16H,2-3,5-7,13H2,1H3,(H,14,17). The molecule has 1 saturated heterocycles. The first-order valence-electron chi connectivity index (χ1n) is 6.19. The Kier molecular flexibility index (Phi) is 4.89. The zero-order valence-corrected chi connectivity index (χ0v) is 11.7. The van der Waals surface area contributed by atoms with Gasteiger partial charge in [-0.2, -0.15) is 0 Å². The van der Waals surface area contributed by atoms with Crippen LogP contribution in [0.1, 0.15) is 20.1 Å². The van der Waals surface area contributed by atoms with Crippen molar-refractivity contribution in [2.75, 3.05) is 26.3 Å². The Balaban J connectivity index is 2.02. The summed E-state index contributed by atoms with van der Waals surface area (Å²) in [4.78, 5) is 15.4. The molecule has 0 bridgehead atoms. The van der Waals surface area contributed by atoms with Crippen LogP contribution in [0.5, 0.6) is 0 Å². The Morgan fingerprint density at radius 3 is 3.21 bits per heavy atom. The molecule has 0 aliphatic carbocycles. The third kappa shape index (κ3) is 3.52. The first-order valence-corrected chi connectivity index (χ1v) is 7.00. The minimum absolute atomic E-state index is 0.0416. The number of morpholine rings is 1. The van der Waals surface area contributed by atoms with Crippen molar-refractivity contribution in [3.05, 3.63) is 21.4 Å². The summed E-state index contributed by atoms with van der Waals surface area (Å²) in [5, 5.41) is 9.12. The fourth-order valence-electron chi connectivity index (χ4n) is 2.14. The highest BCUT2D eigenvalue weighted by atomic mass is 32.1. The highest BCUT2D eigenvalue weighted by molar-refractivity contribution is 7.14. The van der Waals surface area contributed by atoms with E-state index in [0.717, 1.165) is 23.5 Å². The van der Waals surface area contributed by atoms with E-state index in [1.165, 1.54) is 11.3 Å². The molecule has 7 heteroatoms. The Morgan fingerprint density at radius 1 is 1.74 bits per heavy atom. The fraction of sp³-hybridized carbons (Fsp3) is 0.583. The molecule has 1 amide bonds. The predicted octanol–water partition coefficient (Wildman–Crippen LogP) is -0.147. The van der Waals surface area contributed by atoms with Crippen LogP contribution in [0.4, 0.5) is 0 Å². The quantitative estimate of drug-likeness (QED) is 0.407. The Morgan fingerprint density at radius 2 is 2.53 bits per heavy atom. The summed E-state index contributed by atoms with van der Waals surface area (Å²) in [7, 11) is 0. The zero-order chi connectivity index (χ0) is 13.8. The van der Waals surface area contributed by atoms with Gasteiger partial charge >= 0.3 is 0 Å². The molecule has 19 heavy (non-hydrogen) atoms. The summed E-state index contributed by atoms with van der Waals surface area (Å²) in [5.41, 5.74) is 3.27. The van der Waals surface area contributed by atoms with Crippen LogP contribution in [0, 0.1) is 6.92 Å². The summed E-state index contributed by atoms with van der Waals surface area (Å²) >= 11 is 1.44. The van der Waals surface area contributed by atoms with Gasteiger partial charge in [-0.15, -0.1) is 11.3 Å². The molecule has 1 fully saturated rings. The van der Waals surface area contributed by atoms with Crippen LogP contribution in [0.15, 0.2) is 6.07 Å². The molecule has 0 spiro atoms. The van der Waals surface area contributed by atoms with Crippen molar-refractivity contribution in [1.29, 1.82) is 0 Å². The molecule has 4 N–H and O–H groups in total. The van der Waals surface area contributed by atoms with Crippen molar-refractivity contribution in [3.8, 4) is 0 Å². The van der Waals surface area contributed by atoms with Crippen LogP contribution < -0.4 is 11.3 Å². The number of nitrogens with one attached hydrogen (secondary N) is 1. The minimum Gasteiger partial charge on any atom is -0.394 e. The Hall–Kier alpha value is -0.990. The second kappa shape index (κ2) is 6.44. The molecule has 1 aromatic rings. The lowest BCUT2D eigenvalue weighted by Crippen LogP contribution is -2.43. The Labute approximate surface area is 116 Å². The van der Waals surface area contributed by atoms with E-state index in [1.54, 1.807) is 0 Å². The number of carbonyl (C=O) groups excluding carboxylic acids is 1. The number of hydrogen-bond acceptors (Lipinski definition) is 6. The highest BCUT2D eigenvalue weighted by Crippen LogP contribution is 2.23. The molecule has 1 aromatic heterocycles. The minimum atomic E-state index is -0.255. The van der Waals surface area contributed by atoms with Gasteiger partial charge in [0.25, 0.3) is 5.91 Å². The first-order chi connectivity index (χ1) is 9.13. The molecule has 1 aliphatic heterocycles. The molecule has 2 rings (SSSR count). The van der Waals surface area contributed by atoms with Gasteiger partial charge in [-0.3, -0.25) is 15.1 Å². The number of thiophene rings is 1. The van der Waals surface area contributed by atoms with E-state index < -0.39 is 0 Å². The topological polar surface area (TPSA) is 87.8 Å². The summed E-state index contributed by atoms with van der Waals surface area (Å²) < 4.78 is 5.42. The van der Waals surface area contributed by atoms with E-state index in [4.69, 9.17) is 15.7 Å². The van der Waals surface area contributed by atoms with Crippen LogP contribution in [0.3, 0.4) is 0 Å². The van der Waals surface area contributed by atoms with Crippen molar-refractivity contribution in [2.45, 2.75) is 19.6 Å². The van der Waals surface area contributed by atoms with E-state index in [-0.39, 0.29) is 18.6 Å². The van der Waals surface area contributed by atoms with Gasteiger partial charge in [-0.1, -0.05) is 0 Å². The number of amides is 1. The van der Waals surface area contributed by atoms with Crippen molar-refractivity contribution in [3.63, 3.8) is 0 Å². The van der Waals surface area contributed by atoms with Crippen molar-refractivity contribution in [1.82, 2.24) is 10.3 Å². The molecule has 0 radical (unpaired) electrons. The Bertz CT molecular complexity index is 449. The molecule has 0 aromatic carbocycles. The number of hydrazine groups is 1. The summed E-state index contributed by atoms with van der Waals surface area (Å²) in [6.45, 7) is 4.98. The summed E-state index contributed by atoms with van der Waals surface area (Å²) in [6.07, 6.45) is -0.112. The van der Waals surface area contributed by atoms with Gasteiger partial charge in [0.15, 0.2) is 0 Å². The molecule has 6 nitrogen and oxygen atoms in total. The van der Waals surface area contributed by atoms with Gasteiger partial charge in [-0.05, 0) is 18.6 Å². The van der Waals surface area contributed by atoms with Gasteiger partial charge in [0.2, 0.25) is 0 Å². The predicted molar refractivity (Wildman–Crippen MR) is 72.8 cm³/mol. The SMILES string of the molecule is Cc1sc(C(=O)NN)cc1CN1CCOC(CO)C1. The maximum absolute atomic E-state index is 11.5. The molecule has 0 saturated carbocycles. The van der Waals surface area contributed by atoms with E-state index in [9.17, 15) is 4.79 Å². The summed E-state index contributed by atoms with van der Waals surface area (Å²) in [5.74, 6) is 4.88. The van der Waals surface area contributed by atoms with Crippen molar-refractivity contribution >= 4 is 17.2 Å². The van der Waals surface area contributed by atoms with E-state index in [2.05, 4.69) is 10.3 Å². The maximum Gasteiger partial charge on any atom is 0.275 e. The normalized spacial score (nSPS) is 20.5. The summed E-state index contributed by atoms with van der Waals surface area (Å²) in [6, 6.07) is 1.88. The monoisotopic (exact) mass is 285 g/mol. The van der Waals surface area contributed by atoms with Gasteiger partial charge in [0.1, 0.15) is 0 Å². The van der Waals surface area contributed by atoms with Crippen molar-refractivity contribution in [2.24, 2.45) is 5.84 Å². The van der Waals surface area contributed by atoms with Crippen LogP contribution in [0.25, 0.3) is 0 Å². The lowest BCUT2D eigenvalue weighted by atomic mass is 10.2. The second-order valence-corrected chi connectivity index (χ2v) is 5.83. The number of nitrogens with two attached hydrogens (primary N) is 1. The molecule has 1 atom stereocenters. The zero-order valence-electron chi connectivity index (χ0n) is 10.9. The van der Waals surface area contributed by atoms with E-state index in [1.807, 2.05) is 13.0 Å². The molecule has 2 heterocycles. The fourth-order valence-corrected chi connectivity index (χ4v) is 3.07. The number of rotatable bonds is 4. The van der Waals surface area contributed by atoms with Crippen LogP contribution >= 0.6 is 11.3 Å². The van der Waals surface area contributed by atoms with E-state index >= 15 is 0 Å². The number of nitrogen functional groups attached to an aromatic ring is 1. The lowest BCUT2D eigenvalue weighted by Gasteiger charge is -2.31. The number of aliphatic hydroxyl groups is 1. The number of carbonyl (C=O) groups is 1. The molecular weight excluding hydrogens is 266 g/mol. The van der Waals surface area contributed by atoms with Crippen LogP contribution in [-0.2, 0) is 11.3 Å². The number of aryl methyl sites for hydroxylation is 1. The number of ether oxygens (including phenoxy) is 1. The van der Waals surface area contributed by atoms with Crippen LogP contribution in [0.2, 0.25) is 0 Å². The van der Waals surface area contributed by atoms with Crippen molar-refractivity contribution < 1.29 is 14.6 Å². The smallest absolute Gasteiger partial charge is 0.275 e. The third-order valence-electron chi connectivity index (χ3n) is 3.20. The van der Waals surface area contributed by atoms with Gasteiger partial charge in [0, 0.05) is 24.5 Å². The first kappa shape index (κ1) is 14.4. The molecule has 1 unspecified atom stereocenters. The average Bonchev–Trinajstić information content (AvgIpc) is 2.79. The highest BCUT2D eigenvalue weighted by Gasteiger charge is 2.21. The third-order valence-corrected chi connectivity index (χ3v) is 4.29. The number of nitrogens with zero attached hydrogens (tertiary/aromatic N) is 1.